The number of hydrogen-bond acceptors (Lipinski definition) is 3. The summed E-state index contributed by atoms with van der Waals surface area (Å²) in [6.45, 7) is 11.6. The second-order valence-corrected chi connectivity index (χ2v) is 9.83. The van der Waals surface area contributed by atoms with Gasteiger partial charge in [-0.05, 0) is 50.4 Å². The van der Waals surface area contributed by atoms with Gasteiger partial charge in [0.25, 0.3) is 0 Å². The lowest BCUT2D eigenvalue weighted by Gasteiger charge is -2.60. The molecule has 0 radical (unpaired) electrons. The SMILES string of the molecule is CC1(C)OC[C@H]2CC[C@H]3[C@H](C=C[C@H]4C(C)(C)C(=O)CC[C@]34C)[C@H]2O1. The fourth-order valence-corrected chi connectivity index (χ4v) is 6.30. The van der Waals surface area contributed by atoms with Gasteiger partial charge >= 0.3 is 0 Å². The highest BCUT2D eigenvalue weighted by Gasteiger charge is 2.59. The first-order chi connectivity index (χ1) is 11.2. The molecule has 1 heterocycles. The largest absolute Gasteiger partial charge is 0.350 e. The van der Waals surface area contributed by atoms with Crippen molar-refractivity contribution in [2.45, 2.75) is 72.2 Å². The van der Waals surface area contributed by atoms with Crippen LogP contribution in [0.5, 0.6) is 0 Å². The first kappa shape index (κ1) is 16.8. The number of Topliss-reactive ketones (excluding diaryl/α,β-unsaturated/α-hetero) is 1. The van der Waals surface area contributed by atoms with Crippen molar-refractivity contribution in [2.24, 2.45) is 34.5 Å². The molecular formula is C21H32O3. The van der Waals surface area contributed by atoms with E-state index in [1.54, 1.807) is 0 Å². The van der Waals surface area contributed by atoms with Crippen LogP contribution in [0.25, 0.3) is 0 Å². The Balaban J connectivity index is 1.70. The molecule has 0 aromatic rings. The van der Waals surface area contributed by atoms with E-state index in [0.717, 1.165) is 19.4 Å². The number of ether oxygens (including phenoxy) is 2. The van der Waals surface area contributed by atoms with Gasteiger partial charge in [-0.15, -0.1) is 0 Å². The first-order valence-corrected chi connectivity index (χ1v) is 9.68. The van der Waals surface area contributed by atoms with Gasteiger partial charge in [0, 0.05) is 23.7 Å². The van der Waals surface area contributed by atoms with Crippen LogP contribution in [0.3, 0.4) is 0 Å². The van der Waals surface area contributed by atoms with Gasteiger partial charge in [0.05, 0.1) is 12.7 Å². The van der Waals surface area contributed by atoms with Crippen LogP contribution >= 0.6 is 0 Å². The molecule has 0 aromatic heterocycles. The Morgan fingerprint density at radius 2 is 1.83 bits per heavy atom. The zero-order chi connectivity index (χ0) is 17.3. The molecular weight excluding hydrogens is 300 g/mol. The van der Waals surface area contributed by atoms with E-state index in [9.17, 15) is 4.79 Å². The molecule has 4 aliphatic rings. The molecule has 2 saturated carbocycles. The number of carbonyl (C=O) groups excluding carboxylic acids is 1. The van der Waals surface area contributed by atoms with Crippen LogP contribution in [-0.2, 0) is 14.3 Å². The Bertz CT molecular complexity index is 576. The number of rotatable bonds is 0. The monoisotopic (exact) mass is 332 g/mol. The summed E-state index contributed by atoms with van der Waals surface area (Å²) in [7, 11) is 0. The van der Waals surface area contributed by atoms with E-state index in [1.807, 2.05) is 13.8 Å². The van der Waals surface area contributed by atoms with Crippen molar-refractivity contribution < 1.29 is 14.3 Å². The molecule has 1 aliphatic heterocycles. The summed E-state index contributed by atoms with van der Waals surface area (Å²) in [4.78, 5) is 12.5. The van der Waals surface area contributed by atoms with Gasteiger partial charge in [0.2, 0.25) is 0 Å². The average molecular weight is 332 g/mol. The molecule has 4 rings (SSSR count). The smallest absolute Gasteiger partial charge is 0.163 e. The second-order valence-electron chi connectivity index (χ2n) is 9.83. The summed E-state index contributed by atoms with van der Waals surface area (Å²) >= 11 is 0. The quantitative estimate of drug-likeness (QED) is 0.618. The molecule has 3 nitrogen and oxygen atoms in total. The number of carbonyl (C=O) groups is 1. The van der Waals surface area contributed by atoms with Crippen molar-refractivity contribution in [3.05, 3.63) is 12.2 Å². The minimum absolute atomic E-state index is 0.216. The van der Waals surface area contributed by atoms with E-state index in [2.05, 4.69) is 32.9 Å². The van der Waals surface area contributed by atoms with Crippen LogP contribution in [-0.4, -0.2) is 24.3 Å². The molecule has 0 N–H and O–H groups in total. The van der Waals surface area contributed by atoms with Crippen LogP contribution in [0.4, 0.5) is 0 Å². The van der Waals surface area contributed by atoms with Crippen LogP contribution in [0.15, 0.2) is 12.2 Å². The number of fused-ring (bicyclic) bond motifs is 5. The van der Waals surface area contributed by atoms with Crippen molar-refractivity contribution >= 4 is 5.78 Å². The lowest BCUT2D eigenvalue weighted by molar-refractivity contribution is -0.313. The minimum Gasteiger partial charge on any atom is -0.350 e. The fraction of sp³-hybridized carbons (Fsp3) is 0.857. The fourth-order valence-electron chi connectivity index (χ4n) is 6.30. The van der Waals surface area contributed by atoms with Gasteiger partial charge in [-0.1, -0.05) is 32.9 Å². The molecule has 3 fully saturated rings. The topological polar surface area (TPSA) is 35.5 Å². The molecule has 0 unspecified atom stereocenters. The molecule has 0 aromatic carbocycles. The zero-order valence-electron chi connectivity index (χ0n) is 15.8. The predicted molar refractivity (Wildman–Crippen MR) is 93.4 cm³/mol. The van der Waals surface area contributed by atoms with Crippen LogP contribution in [0.2, 0.25) is 0 Å². The Morgan fingerprint density at radius 1 is 1.08 bits per heavy atom. The highest BCUT2D eigenvalue weighted by Crippen LogP contribution is 2.61. The third-order valence-electron chi connectivity index (χ3n) is 7.69. The Hall–Kier alpha value is -0.670. The van der Waals surface area contributed by atoms with Crippen molar-refractivity contribution in [3.8, 4) is 0 Å². The van der Waals surface area contributed by atoms with E-state index >= 15 is 0 Å². The van der Waals surface area contributed by atoms with E-state index < -0.39 is 5.79 Å². The van der Waals surface area contributed by atoms with Gasteiger partial charge in [-0.25, -0.2) is 0 Å². The molecule has 3 aliphatic carbocycles. The summed E-state index contributed by atoms with van der Waals surface area (Å²) in [5.74, 6) is 1.92. The van der Waals surface area contributed by atoms with Crippen LogP contribution in [0, 0.1) is 34.5 Å². The molecule has 3 heteroatoms. The highest BCUT2D eigenvalue weighted by molar-refractivity contribution is 5.85. The predicted octanol–water partition coefficient (Wildman–Crippen LogP) is 4.36. The summed E-state index contributed by atoms with van der Waals surface area (Å²) < 4.78 is 12.3. The third kappa shape index (κ3) is 2.27. The van der Waals surface area contributed by atoms with E-state index in [0.29, 0.717) is 29.5 Å². The van der Waals surface area contributed by atoms with Gasteiger partial charge in [-0.2, -0.15) is 0 Å². The number of hydrogen-bond donors (Lipinski definition) is 0. The van der Waals surface area contributed by atoms with Crippen molar-refractivity contribution in [2.75, 3.05) is 6.61 Å². The lowest BCUT2D eigenvalue weighted by atomic mass is 9.45. The molecule has 6 atom stereocenters. The second kappa shape index (κ2) is 5.17. The minimum atomic E-state index is -0.476. The normalized spacial score (nSPS) is 49.0. The van der Waals surface area contributed by atoms with Gasteiger partial charge in [0.1, 0.15) is 5.78 Å². The number of ketones is 1. The van der Waals surface area contributed by atoms with Gasteiger partial charge in [0.15, 0.2) is 5.79 Å². The van der Waals surface area contributed by atoms with Gasteiger partial charge in [-0.3, -0.25) is 4.79 Å². The summed E-state index contributed by atoms with van der Waals surface area (Å²) in [5.41, 5.74) is -0.0191. The Morgan fingerprint density at radius 3 is 2.58 bits per heavy atom. The third-order valence-corrected chi connectivity index (χ3v) is 7.69. The van der Waals surface area contributed by atoms with E-state index in [-0.39, 0.29) is 16.9 Å². The lowest BCUT2D eigenvalue weighted by Crippen LogP contribution is -2.59. The summed E-state index contributed by atoms with van der Waals surface area (Å²) in [5, 5.41) is 0. The number of allylic oxidation sites excluding steroid dienone is 1. The van der Waals surface area contributed by atoms with E-state index in [1.165, 1.54) is 12.8 Å². The standard InChI is InChI=1S/C21H32O3/c1-19(2)16-9-7-14-15(21(16,5)11-10-17(19)22)8-6-13-12-23-20(3,4)24-18(13)14/h7,9,13-16,18H,6,8,10-12H2,1-5H3/t13-,14+,15+,16+,18+,21-/m1/s1. The molecule has 134 valence electrons. The maximum atomic E-state index is 12.5. The Labute approximate surface area is 146 Å². The van der Waals surface area contributed by atoms with Crippen molar-refractivity contribution in [3.63, 3.8) is 0 Å². The van der Waals surface area contributed by atoms with Gasteiger partial charge < -0.3 is 9.47 Å². The van der Waals surface area contributed by atoms with Crippen molar-refractivity contribution in [1.29, 1.82) is 0 Å². The maximum Gasteiger partial charge on any atom is 0.163 e. The summed E-state index contributed by atoms with van der Waals surface area (Å²) in [6.07, 6.45) is 9.22. The van der Waals surface area contributed by atoms with Crippen molar-refractivity contribution in [1.82, 2.24) is 0 Å². The molecule has 0 amide bonds. The first-order valence-electron chi connectivity index (χ1n) is 9.68. The summed E-state index contributed by atoms with van der Waals surface area (Å²) in [6, 6.07) is 0. The van der Waals surface area contributed by atoms with Crippen LogP contribution < -0.4 is 0 Å². The Kier molecular flexibility index (Phi) is 3.61. The molecule has 1 saturated heterocycles. The average Bonchev–Trinajstić information content (AvgIpc) is 2.50. The zero-order valence-corrected chi connectivity index (χ0v) is 15.8. The molecule has 0 bridgehead atoms. The van der Waals surface area contributed by atoms with Crippen LogP contribution in [0.1, 0.15) is 60.3 Å². The highest BCUT2D eigenvalue weighted by atomic mass is 16.7. The molecule has 24 heavy (non-hydrogen) atoms. The molecule has 0 spiro atoms. The van der Waals surface area contributed by atoms with E-state index in [4.69, 9.17) is 9.47 Å². The maximum absolute atomic E-state index is 12.5.